The van der Waals surface area contributed by atoms with Gasteiger partial charge in [-0.25, -0.2) is 0 Å². The van der Waals surface area contributed by atoms with Gasteiger partial charge >= 0.3 is 0 Å². The van der Waals surface area contributed by atoms with E-state index in [9.17, 15) is 4.79 Å². The molecule has 0 bridgehead atoms. The fourth-order valence-corrected chi connectivity index (χ4v) is 3.57. The molecule has 1 aliphatic carbocycles. The van der Waals surface area contributed by atoms with E-state index in [-0.39, 0.29) is 29.8 Å². The Hall–Kier alpha value is -1.06. The van der Waals surface area contributed by atoms with Gasteiger partial charge in [-0.05, 0) is 37.3 Å². The van der Waals surface area contributed by atoms with Crippen LogP contribution in [0.25, 0.3) is 0 Å². The number of hydrogen-bond donors (Lipinski definition) is 2. The molecule has 2 rings (SSSR count). The van der Waals surface area contributed by atoms with E-state index in [1.807, 2.05) is 18.2 Å². The first-order valence-corrected chi connectivity index (χ1v) is 8.61. The van der Waals surface area contributed by atoms with Crippen molar-refractivity contribution in [2.45, 2.75) is 64.3 Å². The van der Waals surface area contributed by atoms with Gasteiger partial charge in [0.15, 0.2) is 0 Å². The quantitative estimate of drug-likeness (QED) is 0.823. The second-order valence-electron chi connectivity index (χ2n) is 7.00. The summed E-state index contributed by atoms with van der Waals surface area (Å²) in [6.45, 7) is 4.88. The monoisotopic (exact) mass is 338 g/mol. The zero-order valence-corrected chi connectivity index (χ0v) is 15.2. The van der Waals surface area contributed by atoms with Crippen molar-refractivity contribution in [1.82, 2.24) is 5.32 Å². The van der Waals surface area contributed by atoms with Crippen LogP contribution in [0.15, 0.2) is 30.3 Å². The lowest BCUT2D eigenvalue weighted by molar-refractivity contribution is -0.124. The largest absolute Gasteiger partial charge is 0.353 e. The van der Waals surface area contributed by atoms with E-state index >= 15 is 0 Å². The molecule has 1 aromatic carbocycles. The topological polar surface area (TPSA) is 55.1 Å². The number of carbonyl (C=O) groups excluding carboxylic acids is 1. The van der Waals surface area contributed by atoms with E-state index in [0.29, 0.717) is 18.9 Å². The smallest absolute Gasteiger partial charge is 0.220 e. The van der Waals surface area contributed by atoms with Crippen molar-refractivity contribution >= 4 is 18.3 Å². The van der Waals surface area contributed by atoms with E-state index in [4.69, 9.17) is 5.73 Å². The number of hydrogen-bond acceptors (Lipinski definition) is 2. The first-order valence-electron chi connectivity index (χ1n) is 8.61. The summed E-state index contributed by atoms with van der Waals surface area (Å²) in [5.74, 6) is 0.466. The molecule has 0 spiro atoms. The van der Waals surface area contributed by atoms with Crippen LogP contribution in [-0.4, -0.2) is 18.5 Å². The molecule has 4 heteroatoms. The molecule has 2 atom stereocenters. The van der Waals surface area contributed by atoms with Gasteiger partial charge < -0.3 is 11.1 Å². The second kappa shape index (κ2) is 9.29. The molecule has 1 aliphatic rings. The van der Waals surface area contributed by atoms with Crippen molar-refractivity contribution in [2.75, 3.05) is 6.54 Å². The summed E-state index contributed by atoms with van der Waals surface area (Å²) >= 11 is 0. The van der Waals surface area contributed by atoms with E-state index in [1.54, 1.807) is 0 Å². The molecule has 1 aromatic rings. The van der Waals surface area contributed by atoms with Crippen LogP contribution in [0.3, 0.4) is 0 Å². The Balaban J connectivity index is 0.00000264. The number of carbonyl (C=O) groups is 1. The molecule has 1 saturated carbocycles. The summed E-state index contributed by atoms with van der Waals surface area (Å²) in [5.41, 5.74) is 7.29. The van der Waals surface area contributed by atoms with Crippen LogP contribution in [0.1, 0.15) is 63.9 Å². The molecular formula is C19H31ClN2O. The Morgan fingerprint density at radius 1 is 1.17 bits per heavy atom. The summed E-state index contributed by atoms with van der Waals surface area (Å²) in [6.07, 6.45) is 6.47. The van der Waals surface area contributed by atoms with Crippen molar-refractivity contribution in [2.24, 2.45) is 11.1 Å². The van der Waals surface area contributed by atoms with Gasteiger partial charge in [0, 0.05) is 18.4 Å². The first-order chi connectivity index (χ1) is 10.6. The van der Waals surface area contributed by atoms with Crippen molar-refractivity contribution in [3.63, 3.8) is 0 Å². The Labute approximate surface area is 146 Å². The van der Waals surface area contributed by atoms with Crippen LogP contribution in [0.5, 0.6) is 0 Å². The van der Waals surface area contributed by atoms with E-state index in [2.05, 4.69) is 31.3 Å². The zero-order valence-electron chi connectivity index (χ0n) is 14.4. The van der Waals surface area contributed by atoms with Crippen molar-refractivity contribution in [3.05, 3.63) is 35.9 Å². The fraction of sp³-hybridized carbons (Fsp3) is 0.632. The molecule has 0 heterocycles. The molecule has 23 heavy (non-hydrogen) atoms. The van der Waals surface area contributed by atoms with Gasteiger partial charge in [0.1, 0.15) is 0 Å². The predicted octanol–water partition coefficient (Wildman–Crippen LogP) is 4.02. The minimum Gasteiger partial charge on any atom is -0.353 e. The molecule has 0 saturated heterocycles. The summed E-state index contributed by atoms with van der Waals surface area (Å²) in [4.78, 5) is 12.5. The van der Waals surface area contributed by atoms with Crippen LogP contribution < -0.4 is 11.1 Å². The molecule has 0 aliphatic heterocycles. The number of nitrogens with two attached hydrogens (primary N) is 1. The van der Waals surface area contributed by atoms with Gasteiger partial charge in [-0.2, -0.15) is 0 Å². The SMILES string of the molecule is CC(NC(=O)CC1(CN)CCCCC1)C(C)c1ccccc1.Cl. The van der Waals surface area contributed by atoms with Gasteiger partial charge in [-0.15, -0.1) is 12.4 Å². The Morgan fingerprint density at radius 2 is 1.78 bits per heavy atom. The minimum atomic E-state index is 0. The molecule has 0 radical (unpaired) electrons. The Bertz CT molecular complexity index is 472. The standard InChI is InChI=1S/C19H30N2O.ClH/c1-15(17-9-5-3-6-10-17)16(2)21-18(22)13-19(14-20)11-7-4-8-12-19;/h3,5-6,9-10,15-16H,4,7-8,11-14,20H2,1-2H3,(H,21,22);1H. The van der Waals surface area contributed by atoms with Gasteiger partial charge in [0.2, 0.25) is 5.91 Å². The fourth-order valence-electron chi connectivity index (χ4n) is 3.57. The lowest BCUT2D eigenvalue weighted by Crippen LogP contribution is -2.42. The maximum atomic E-state index is 12.5. The number of benzene rings is 1. The number of nitrogens with one attached hydrogen (secondary N) is 1. The average molecular weight is 339 g/mol. The van der Waals surface area contributed by atoms with Crippen LogP contribution in [-0.2, 0) is 4.79 Å². The molecule has 0 aromatic heterocycles. The van der Waals surface area contributed by atoms with E-state index < -0.39 is 0 Å². The third-order valence-electron chi connectivity index (χ3n) is 5.35. The average Bonchev–Trinajstić information content (AvgIpc) is 2.55. The molecular weight excluding hydrogens is 308 g/mol. The molecule has 3 nitrogen and oxygen atoms in total. The summed E-state index contributed by atoms with van der Waals surface area (Å²) in [7, 11) is 0. The van der Waals surface area contributed by atoms with Crippen molar-refractivity contribution in [3.8, 4) is 0 Å². The normalized spacial score (nSPS) is 19.3. The molecule has 1 fully saturated rings. The lowest BCUT2D eigenvalue weighted by Gasteiger charge is -2.36. The maximum absolute atomic E-state index is 12.5. The minimum absolute atomic E-state index is 0. The van der Waals surface area contributed by atoms with E-state index in [0.717, 1.165) is 12.8 Å². The maximum Gasteiger partial charge on any atom is 0.220 e. The summed E-state index contributed by atoms with van der Waals surface area (Å²) in [5, 5.41) is 3.19. The van der Waals surface area contributed by atoms with Crippen molar-refractivity contribution < 1.29 is 4.79 Å². The van der Waals surface area contributed by atoms with E-state index in [1.165, 1.54) is 24.8 Å². The molecule has 2 unspecified atom stereocenters. The van der Waals surface area contributed by atoms with Crippen LogP contribution in [0.4, 0.5) is 0 Å². The highest BCUT2D eigenvalue weighted by Crippen LogP contribution is 2.38. The Kier molecular flexibility index (Phi) is 8.07. The molecule has 3 N–H and O–H groups in total. The molecule has 130 valence electrons. The number of rotatable bonds is 6. The highest BCUT2D eigenvalue weighted by molar-refractivity contribution is 5.85. The van der Waals surface area contributed by atoms with Gasteiger partial charge in [0.25, 0.3) is 0 Å². The van der Waals surface area contributed by atoms with Crippen molar-refractivity contribution in [1.29, 1.82) is 0 Å². The lowest BCUT2D eigenvalue weighted by atomic mass is 9.71. The highest BCUT2D eigenvalue weighted by Gasteiger charge is 2.33. The van der Waals surface area contributed by atoms with Gasteiger partial charge in [-0.3, -0.25) is 4.79 Å². The summed E-state index contributed by atoms with van der Waals surface area (Å²) < 4.78 is 0. The predicted molar refractivity (Wildman–Crippen MR) is 98.9 cm³/mol. The highest BCUT2D eigenvalue weighted by atomic mass is 35.5. The van der Waals surface area contributed by atoms with Crippen LogP contribution in [0.2, 0.25) is 0 Å². The zero-order chi connectivity index (χ0) is 16.0. The third kappa shape index (κ3) is 5.50. The Morgan fingerprint density at radius 3 is 2.35 bits per heavy atom. The van der Waals surface area contributed by atoms with Gasteiger partial charge in [-0.1, -0.05) is 56.5 Å². The van der Waals surface area contributed by atoms with Gasteiger partial charge in [0.05, 0.1) is 0 Å². The third-order valence-corrected chi connectivity index (χ3v) is 5.35. The molecule has 1 amide bonds. The number of halogens is 1. The number of amides is 1. The summed E-state index contributed by atoms with van der Waals surface area (Å²) in [6, 6.07) is 10.5. The van der Waals surface area contributed by atoms with Crippen LogP contribution in [0, 0.1) is 5.41 Å². The van der Waals surface area contributed by atoms with Crippen LogP contribution >= 0.6 is 12.4 Å². The first kappa shape index (κ1) is 20.0. The second-order valence-corrected chi connectivity index (χ2v) is 7.00.